The van der Waals surface area contributed by atoms with Crippen LogP contribution in [0.5, 0.6) is 5.75 Å². The lowest BCUT2D eigenvalue weighted by molar-refractivity contribution is -0.131. The number of para-hydroxylation sites is 2. The molecule has 2 heterocycles. The minimum Gasteiger partial charge on any atom is -0.497 e. The second-order valence-corrected chi connectivity index (χ2v) is 8.53. The molecule has 0 spiro atoms. The van der Waals surface area contributed by atoms with Gasteiger partial charge in [0.25, 0.3) is 0 Å². The highest BCUT2D eigenvalue weighted by Crippen LogP contribution is 2.33. The predicted octanol–water partition coefficient (Wildman–Crippen LogP) is 4.21. The molecule has 0 aliphatic carbocycles. The van der Waals surface area contributed by atoms with Crippen molar-refractivity contribution in [3.8, 4) is 5.75 Å². The minimum atomic E-state index is -0.0781. The molecule has 0 radical (unpaired) electrons. The number of carbonyl (C=O) groups excluding carboxylic acids is 2. The molecule has 0 unspecified atom stereocenters. The maximum absolute atomic E-state index is 13.2. The third-order valence-electron chi connectivity index (χ3n) is 6.19. The first kappa shape index (κ1) is 22.8. The molecule has 1 fully saturated rings. The van der Waals surface area contributed by atoms with Crippen LogP contribution in [0.1, 0.15) is 44.9 Å². The van der Waals surface area contributed by atoms with E-state index in [1.165, 1.54) is 0 Å². The highest BCUT2D eigenvalue weighted by molar-refractivity contribution is 5.96. The van der Waals surface area contributed by atoms with Gasteiger partial charge in [0.05, 0.1) is 18.1 Å². The van der Waals surface area contributed by atoms with Gasteiger partial charge < -0.3 is 19.1 Å². The third kappa shape index (κ3) is 4.72. The van der Waals surface area contributed by atoms with Gasteiger partial charge in [0.1, 0.15) is 18.1 Å². The molecule has 0 N–H and O–H groups in total. The van der Waals surface area contributed by atoms with Crippen LogP contribution < -0.4 is 9.64 Å². The Morgan fingerprint density at radius 1 is 1.09 bits per heavy atom. The van der Waals surface area contributed by atoms with Crippen LogP contribution in [0.3, 0.4) is 0 Å². The lowest BCUT2D eigenvalue weighted by atomic mass is 10.1. The number of carbonyl (C=O) groups is 2. The highest BCUT2D eigenvalue weighted by Gasteiger charge is 2.35. The van der Waals surface area contributed by atoms with Crippen molar-refractivity contribution in [1.29, 1.82) is 0 Å². The normalized spacial score (nSPS) is 15.9. The van der Waals surface area contributed by atoms with Crippen LogP contribution in [0.4, 0.5) is 5.69 Å². The zero-order valence-corrected chi connectivity index (χ0v) is 19.7. The fraction of sp³-hybridized carbons (Fsp3) is 0.423. The van der Waals surface area contributed by atoms with E-state index in [1.807, 2.05) is 58.0 Å². The van der Waals surface area contributed by atoms with E-state index in [4.69, 9.17) is 9.72 Å². The van der Waals surface area contributed by atoms with Gasteiger partial charge in [0, 0.05) is 37.7 Å². The van der Waals surface area contributed by atoms with E-state index < -0.39 is 0 Å². The van der Waals surface area contributed by atoms with Crippen molar-refractivity contribution in [2.75, 3.05) is 31.6 Å². The van der Waals surface area contributed by atoms with E-state index in [9.17, 15) is 9.59 Å². The van der Waals surface area contributed by atoms with Crippen LogP contribution >= 0.6 is 0 Å². The Kier molecular flexibility index (Phi) is 6.96. The summed E-state index contributed by atoms with van der Waals surface area (Å²) in [5, 5.41) is 0. The summed E-state index contributed by atoms with van der Waals surface area (Å²) in [6, 6.07) is 15.4. The average molecular weight is 449 g/mol. The van der Waals surface area contributed by atoms with Crippen molar-refractivity contribution in [3.63, 3.8) is 0 Å². The lowest BCUT2D eigenvalue weighted by Gasteiger charge is -2.23. The van der Waals surface area contributed by atoms with Crippen LogP contribution in [0.2, 0.25) is 0 Å². The van der Waals surface area contributed by atoms with Crippen LogP contribution in [0.15, 0.2) is 48.5 Å². The number of rotatable bonds is 9. The number of hydrogen-bond acceptors (Lipinski definition) is 4. The zero-order valence-electron chi connectivity index (χ0n) is 19.7. The number of anilines is 1. The topological polar surface area (TPSA) is 67.7 Å². The molecule has 3 aromatic rings. The maximum Gasteiger partial charge on any atom is 0.242 e. The standard InChI is InChI=1S/C26H32N4O3/c1-4-14-28(15-5-2)25(32)18-30-23-9-7-6-8-22(23)27-26(30)19-16-24(31)29(17-19)20-10-12-21(33-3)13-11-20/h6-13,19H,4-5,14-18H2,1-3H3/t19-/m0/s1. The number of imidazole rings is 1. The van der Waals surface area contributed by atoms with E-state index >= 15 is 0 Å². The monoisotopic (exact) mass is 448 g/mol. The van der Waals surface area contributed by atoms with Crippen LogP contribution in [0, 0.1) is 0 Å². The Hall–Kier alpha value is -3.35. The molecule has 174 valence electrons. The van der Waals surface area contributed by atoms with E-state index in [-0.39, 0.29) is 24.3 Å². The molecule has 33 heavy (non-hydrogen) atoms. The molecule has 1 saturated heterocycles. The van der Waals surface area contributed by atoms with Crippen molar-refractivity contribution >= 4 is 28.5 Å². The molecular formula is C26H32N4O3. The van der Waals surface area contributed by atoms with Crippen molar-refractivity contribution in [1.82, 2.24) is 14.5 Å². The Labute approximate surface area is 195 Å². The fourth-order valence-electron chi connectivity index (χ4n) is 4.60. The third-order valence-corrected chi connectivity index (χ3v) is 6.19. The zero-order chi connectivity index (χ0) is 23.4. The van der Waals surface area contributed by atoms with Gasteiger partial charge in [-0.3, -0.25) is 9.59 Å². The Morgan fingerprint density at radius 2 is 1.79 bits per heavy atom. The van der Waals surface area contributed by atoms with Crippen molar-refractivity contribution < 1.29 is 14.3 Å². The second-order valence-electron chi connectivity index (χ2n) is 8.53. The summed E-state index contributed by atoms with van der Waals surface area (Å²) in [6.45, 7) is 6.46. The Bertz CT molecular complexity index is 1120. The van der Waals surface area contributed by atoms with Gasteiger partial charge in [-0.15, -0.1) is 0 Å². The van der Waals surface area contributed by atoms with E-state index in [2.05, 4.69) is 13.8 Å². The van der Waals surface area contributed by atoms with Gasteiger partial charge in [0.15, 0.2) is 0 Å². The van der Waals surface area contributed by atoms with E-state index in [0.29, 0.717) is 13.0 Å². The highest BCUT2D eigenvalue weighted by atomic mass is 16.5. The maximum atomic E-state index is 13.2. The van der Waals surface area contributed by atoms with Gasteiger partial charge in [-0.2, -0.15) is 0 Å². The predicted molar refractivity (Wildman–Crippen MR) is 130 cm³/mol. The van der Waals surface area contributed by atoms with Gasteiger partial charge in [-0.05, 0) is 49.2 Å². The molecule has 1 atom stereocenters. The van der Waals surface area contributed by atoms with Crippen molar-refractivity contribution in [2.24, 2.45) is 0 Å². The second kappa shape index (κ2) is 10.1. The number of hydrogen-bond donors (Lipinski definition) is 0. The quantitative estimate of drug-likeness (QED) is 0.492. The van der Waals surface area contributed by atoms with Gasteiger partial charge >= 0.3 is 0 Å². The minimum absolute atomic E-state index is 0.0636. The molecule has 1 aliphatic rings. The summed E-state index contributed by atoms with van der Waals surface area (Å²) in [5.74, 6) is 1.64. The van der Waals surface area contributed by atoms with Crippen LogP contribution in [0.25, 0.3) is 11.0 Å². The summed E-state index contributed by atoms with van der Waals surface area (Å²) < 4.78 is 7.26. The van der Waals surface area contributed by atoms with Crippen LogP contribution in [-0.4, -0.2) is 53.0 Å². The fourth-order valence-corrected chi connectivity index (χ4v) is 4.60. The average Bonchev–Trinajstić information content (AvgIpc) is 3.39. The Morgan fingerprint density at radius 3 is 2.45 bits per heavy atom. The number of ether oxygens (including phenoxy) is 1. The summed E-state index contributed by atoms with van der Waals surface area (Å²) in [5.41, 5.74) is 2.64. The summed E-state index contributed by atoms with van der Waals surface area (Å²) in [6.07, 6.45) is 2.23. The largest absolute Gasteiger partial charge is 0.497 e. The SMILES string of the molecule is CCCN(CCC)C(=O)Cn1c([C@H]2CC(=O)N(c3ccc(OC)cc3)C2)nc2ccccc21. The molecule has 0 bridgehead atoms. The Balaban J connectivity index is 1.63. The summed E-state index contributed by atoms with van der Waals surface area (Å²) in [7, 11) is 1.62. The molecule has 1 aliphatic heterocycles. The molecule has 2 amide bonds. The molecular weight excluding hydrogens is 416 g/mol. The molecule has 4 rings (SSSR count). The number of fused-ring (bicyclic) bond motifs is 1. The number of benzene rings is 2. The van der Waals surface area contributed by atoms with Crippen molar-refractivity contribution in [2.45, 2.75) is 45.6 Å². The molecule has 1 aromatic heterocycles. The van der Waals surface area contributed by atoms with Crippen molar-refractivity contribution in [3.05, 3.63) is 54.4 Å². The molecule has 2 aromatic carbocycles. The number of nitrogens with zero attached hydrogens (tertiary/aromatic N) is 4. The first-order valence-corrected chi connectivity index (χ1v) is 11.7. The summed E-state index contributed by atoms with van der Waals surface area (Å²) in [4.78, 5) is 34.7. The van der Waals surface area contributed by atoms with Gasteiger partial charge in [0.2, 0.25) is 11.8 Å². The van der Waals surface area contributed by atoms with E-state index in [1.54, 1.807) is 12.0 Å². The number of aromatic nitrogens is 2. The first-order valence-electron chi connectivity index (χ1n) is 11.7. The lowest BCUT2D eigenvalue weighted by Crippen LogP contribution is -2.35. The molecule has 7 nitrogen and oxygen atoms in total. The molecule has 0 saturated carbocycles. The van der Waals surface area contributed by atoms with E-state index in [0.717, 1.165) is 54.2 Å². The first-order chi connectivity index (χ1) is 16.0. The molecule has 7 heteroatoms. The van der Waals surface area contributed by atoms with Gasteiger partial charge in [-0.25, -0.2) is 4.98 Å². The summed E-state index contributed by atoms with van der Waals surface area (Å²) >= 11 is 0. The number of amides is 2. The smallest absolute Gasteiger partial charge is 0.242 e. The number of methoxy groups -OCH3 is 1. The van der Waals surface area contributed by atoms with Crippen LogP contribution in [-0.2, 0) is 16.1 Å². The van der Waals surface area contributed by atoms with Gasteiger partial charge in [-0.1, -0.05) is 26.0 Å².